The lowest BCUT2D eigenvalue weighted by Gasteiger charge is -2.44. The molecule has 11 heteroatoms. The van der Waals surface area contributed by atoms with Crippen molar-refractivity contribution in [1.29, 1.82) is 0 Å². The first-order valence-corrected chi connectivity index (χ1v) is 11.2. The maximum atomic E-state index is 15.2. The predicted molar refractivity (Wildman–Crippen MR) is 122 cm³/mol. The second-order valence-corrected chi connectivity index (χ2v) is 9.04. The van der Waals surface area contributed by atoms with Crippen LogP contribution in [0.2, 0.25) is 5.02 Å². The third-order valence-corrected chi connectivity index (χ3v) is 6.89. The molecule has 2 aromatic heterocycles. The molecule has 1 atom stereocenters. The summed E-state index contributed by atoms with van der Waals surface area (Å²) >= 11 is 6.35. The Morgan fingerprint density at radius 3 is 2.85 bits per heavy atom. The molecule has 0 bridgehead atoms. The molecule has 0 aliphatic carbocycles. The van der Waals surface area contributed by atoms with Crippen LogP contribution in [0.1, 0.15) is 36.7 Å². The molecule has 1 amide bonds. The number of aromatic nitrogens is 4. The molecule has 5 rings (SSSR count). The number of likely N-dealkylation sites (tertiary alicyclic amines) is 1. The van der Waals surface area contributed by atoms with E-state index in [9.17, 15) is 4.79 Å². The van der Waals surface area contributed by atoms with Gasteiger partial charge in [-0.1, -0.05) is 11.6 Å². The van der Waals surface area contributed by atoms with E-state index < -0.39 is 5.82 Å². The Morgan fingerprint density at radius 2 is 2.12 bits per heavy atom. The molecular formula is C22H25ClFN7O2. The maximum absolute atomic E-state index is 15.2. The Balaban J connectivity index is 1.53. The molecule has 0 saturated carbocycles. The van der Waals surface area contributed by atoms with Crippen molar-refractivity contribution in [1.82, 2.24) is 29.5 Å². The van der Waals surface area contributed by atoms with Gasteiger partial charge in [0, 0.05) is 50.3 Å². The quantitative estimate of drug-likeness (QED) is 0.623. The molecule has 174 valence electrons. The summed E-state index contributed by atoms with van der Waals surface area (Å²) in [5, 5.41) is 5.36. The summed E-state index contributed by atoms with van der Waals surface area (Å²) in [7, 11) is 0. The van der Waals surface area contributed by atoms with Crippen LogP contribution in [0.25, 0.3) is 11.0 Å². The summed E-state index contributed by atoms with van der Waals surface area (Å²) in [6.45, 7) is 8.00. The van der Waals surface area contributed by atoms with Crippen molar-refractivity contribution in [2.45, 2.75) is 39.4 Å². The molecule has 1 unspecified atom stereocenters. The molecule has 9 nitrogen and oxygen atoms in total. The first kappa shape index (κ1) is 21.8. The third kappa shape index (κ3) is 3.57. The zero-order valence-electron chi connectivity index (χ0n) is 18.7. The van der Waals surface area contributed by atoms with Crippen molar-refractivity contribution in [3.8, 4) is 5.75 Å². The number of aryl methyl sites for hydroxylation is 1. The van der Waals surface area contributed by atoms with Gasteiger partial charge in [-0.05, 0) is 19.9 Å². The molecule has 33 heavy (non-hydrogen) atoms. The highest BCUT2D eigenvalue weighted by molar-refractivity contribution is 6.31. The highest BCUT2D eigenvalue weighted by Gasteiger charge is 2.36. The number of benzene rings is 1. The second-order valence-electron chi connectivity index (χ2n) is 8.63. The minimum absolute atomic E-state index is 0.0299. The molecular weight excluding hydrogens is 449 g/mol. The number of nitrogens with two attached hydrogens (primary N) is 1. The molecule has 2 N–H and O–H groups in total. The van der Waals surface area contributed by atoms with Gasteiger partial charge in [0.2, 0.25) is 5.91 Å². The fourth-order valence-electron chi connectivity index (χ4n) is 4.68. The van der Waals surface area contributed by atoms with Gasteiger partial charge in [-0.2, -0.15) is 5.10 Å². The number of carbonyl (C=O) groups excluding carboxylic acids is 1. The van der Waals surface area contributed by atoms with E-state index in [4.69, 9.17) is 22.1 Å². The van der Waals surface area contributed by atoms with Crippen LogP contribution in [0, 0.1) is 12.7 Å². The Hall–Kier alpha value is -2.98. The largest absolute Gasteiger partial charge is 0.491 e. The Morgan fingerprint density at radius 1 is 1.36 bits per heavy atom. The predicted octanol–water partition coefficient (Wildman–Crippen LogP) is 2.54. The van der Waals surface area contributed by atoms with Gasteiger partial charge in [0.25, 0.3) is 0 Å². The first-order chi connectivity index (χ1) is 15.8. The molecule has 1 fully saturated rings. The van der Waals surface area contributed by atoms with Crippen LogP contribution in [0.3, 0.4) is 0 Å². The number of anilines is 1. The van der Waals surface area contributed by atoms with E-state index in [0.717, 1.165) is 5.56 Å². The lowest BCUT2D eigenvalue weighted by atomic mass is 10.0. The molecule has 1 aromatic carbocycles. The third-order valence-electron chi connectivity index (χ3n) is 6.61. The fourth-order valence-corrected chi connectivity index (χ4v) is 4.91. The number of hydrogen-bond donors (Lipinski definition) is 1. The van der Waals surface area contributed by atoms with Gasteiger partial charge in [0.05, 0.1) is 22.1 Å². The molecule has 4 heterocycles. The van der Waals surface area contributed by atoms with E-state index >= 15 is 4.39 Å². The van der Waals surface area contributed by atoms with Crippen LogP contribution >= 0.6 is 11.6 Å². The summed E-state index contributed by atoms with van der Waals surface area (Å²) in [6, 6.07) is 1.43. The fraction of sp³-hybridized carbons (Fsp3) is 0.455. The SMILES string of the molecule is CC(=O)N1CC(N2CCOc3c(C(C)n4nc(C)c5c(N)ncnc54)cc(Cl)c(F)c3C2)C1. The number of amides is 1. The van der Waals surface area contributed by atoms with E-state index in [1.807, 2.05) is 13.8 Å². The monoisotopic (exact) mass is 473 g/mol. The van der Waals surface area contributed by atoms with Gasteiger partial charge in [-0.15, -0.1) is 0 Å². The van der Waals surface area contributed by atoms with E-state index in [0.29, 0.717) is 66.6 Å². The lowest BCUT2D eigenvalue weighted by Crippen LogP contribution is -2.60. The molecule has 0 radical (unpaired) electrons. The number of fused-ring (bicyclic) bond motifs is 2. The van der Waals surface area contributed by atoms with Gasteiger partial charge < -0.3 is 15.4 Å². The summed E-state index contributed by atoms with van der Waals surface area (Å²) in [4.78, 5) is 23.9. The standard InChI is InChI=1S/C22H25ClFN7O2/c1-11-18-21(25)26-10-27-22(18)31(28-11)12(2)15-6-17(23)19(24)16-9-29(4-5-33-20(15)16)14-7-30(8-14)13(3)32/h6,10,12,14H,4-5,7-9H2,1-3H3,(H2,25,26,27). The van der Waals surface area contributed by atoms with Crippen molar-refractivity contribution >= 4 is 34.4 Å². The smallest absolute Gasteiger partial charge is 0.219 e. The van der Waals surface area contributed by atoms with E-state index in [1.165, 1.54) is 6.33 Å². The highest BCUT2D eigenvalue weighted by atomic mass is 35.5. The van der Waals surface area contributed by atoms with Gasteiger partial charge in [0.15, 0.2) is 5.65 Å². The zero-order valence-corrected chi connectivity index (χ0v) is 19.4. The van der Waals surface area contributed by atoms with Crippen LogP contribution in [-0.2, 0) is 11.3 Å². The van der Waals surface area contributed by atoms with Crippen molar-refractivity contribution < 1.29 is 13.9 Å². The molecule has 1 saturated heterocycles. The lowest BCUT2D eigenvalue weighted by molar-refractivity contribution is -0.136. The Kier molecular flexibility index (Phi) is 5.37. The maximum Gasteiger partial charge on any atom is 0.219 e. The number of nitrogens with zero attached hydrogens (tertiary/aromatic N) is 6. The number of carbonyl (C=O) groups is 1. The number of ether oxygens (including phenoxy) is 1. The van der Waals surface area contributed by atoms with Crippen LogP contribution < -0.4 is 10.5 Å². The number of hydrogen-bond acceptors (Lipinski definition) is 7. The normalized spacial score (nSPS) is 17.9. The van der Waals surface area contributed by atoms with Crippen molar-refractivity contribution in [2.24, 2.45) is 0 Å². The molecule has 0 spiro atoms. The van der Waals surface area contributed by atoms with Gasteiger partial charge in [-0.3, -0.25) is 9.69 Å². The van der Waals surface area contributed by atoms with Crippen LogP contribution in [0.15, 0.2) is 12.4 Å². The van der Waals surface area contributed by atoms with E-state index in [-0.39, 0.29) is 23.0 Å². The molecule has 3 aromatic rings. The summed E-state index contributed by atoms with van der Waals surface area (Å²) in [5.41, 5.74) is 8.49. The summed E-state index contributed by atoms with van der Waals surface area (Å²) in [5.74, 6) is 0.413. The van der Waals surface area contributed by atoms with Gasteiger partial charge in [-0.25, -0.2) is 19.0 Å². The van der Waals surface area contributed by atoms with Crippen molar-refractivity contribution in [3.05, 3.63) is 40.1 Å². The average Bonchev–Trinajstić information content (AvgIpc) is 2.93. The zero-order chi connectivity index (χ0) is 23.4. The Labute approximate surface area is 195 Å². The van der Waals surface area contributed by atoms with Crippen LogP contribution in [0.5, 0.6) is 5.75 Å². The average molecular weight is 474 g/mol. The van der Waals surface area contributed by atoms with Gasteiger partial charge >= 0.3 is 0 Å². The van der Waals surface area contributed by atoms with Crippen molar-refractivity contribution in [3.63, 3.8) is 0 Å². The van der Waals surface area contributed by atoms with Crippen molar-refractivity contribution in [2.75, 3.05) is 32.0 Å². The Bertz CT molecular complexity index is 1260. The topological polar surface area (TPSA) is 102 Å². The molecule has 2 aliphatic rings. The minimum atomic E-state index is -0.481. The number of nitrogen functional groups attached to an aromatic ring is 1. The number of halogens is 2. The van der Waals surface area contributed by atoms with Crippen LogP contribution in [-0.4, -0.2) is 67.7 Å². The summed E-state index contributed by atoms with van der Waals surface area (Å²) in [6.07, 6.45) is 1.40. The molecule has 2 aliphatic heterocycles. The minimum Gasteiger partial charge on any atom is -0.491 e. The highest BCUT2D eigenvalue weighted by Crippen LogP contribution is 2.40. The second kappa shape index (κ2) is 8.11. The van der Waals surface area contributed by atoms with Gasteiger partial charge in [0.1, 0.15) is 30.3 Å². The van der Waals surface area contributed by atoms with E-state index in [2.05, 4.69) is 20.0 Å². The first-order valence-electron chi connectivity index (χ1n) is 10.8. The number of rotatable bonds is 3. The van der Waals surface area contributed by atoms with E-state index in [1.54, 1.807) is 22.6 Å². The summed E-state index contributed by atoms with van der Waals surface area (Å²) < 4.78 is 23.1. The van der Waals surface area contributed by atoms with Crippen LogP contribution in [0.4, 0.5) is 10.2 Å².